The Kier molecular flexibility index (Phi) is 7.46. The van der Waals surface area contributed by atoms with E-state index in [0.29, 0.717) is 19.7 Å². The lowest BCUT2D eigenvalue weighted by molar-refractivity contribution is -0.138. The third-order valence-corrected chi connectivity index (χ3v) is 3.08. The van der Waals surface area contributed by atoms with Crippen molar-refractivity contribution in [2.45, 2.75) is 32.9 Å². The number of rotatable bonds is 8. The van der Waals surface area contributed by atoms with Gasteiger partial charge >= 0.3 is 0 Å². The van der Waals surface area contributed by atoms with Crippen LogP contribution in [-0.2, 0) is 20.9 Å². The van der Waals surface area contributed by atoms with E-state index >= 15 is 0 Å². The molecule has 0 fully saturated rings. The first-order valence-electron chi connectivity index (χ1n) is 7.13. The number of nitrogens with zero attached hydrogens (tertiary/aromatic N) is 1. The number of hydrogen-bond acceptors (Lipinski definition) is 3. The Hall–Kier alpha value is -1.88. The standard InChI is InChI=1S/C16H24N2O3/c1-13(2)18(12-14-7-5-4-6-8-14)16(20)11-15(19)17-9-10-21-3/h4-8,13H,9-12H2,1-3H3,(H,17,19). The van der Waals surface area contributed by atoms with Gasteiger partial charge in [0.25, 0.3) is 0 Å². The summed E-state index contributed by atoms with van der Waals surface area (Å²) in [4.78, 5) is 25.7. The SMILES string of the molecule is COCCNC(=O)CC(=O)N(Cc1ccccc1)C(C)C. The molecule has 0 atom stereocenters. The van der Waals surface area contributed by atoms with Gasteiger partial charge in [-0.1, -0.05) is 30.3 Å². The zero-order chi connectivity index (χ0) is 15.7. The first-order valence-corrected chi connectivity index (χ1v) is 7.13. The smallest absolute Gasteiger partial charge is 0.232 e. The maximum absolute atomic E-state index is 12.3. The highest BCUT2D eigenvalue weighted by atomic mass is 16.5. The number of hydrogen-bond donors (Lipinski definition) is 1. The van der Waals surface area contributed by atoms with Gasteiger partial charge in [-0.05, 0) is 19.4 Å². The van der Waals surface area contributed by atoms with Crippen molar-refractivity contribution in [3.8, 4) is 0 Å². The van der Waals surface area contributed by atoms with Crippen LogP contribution in [0.3, 0.4) is 0 Å². The second-order valence-corrected chi connectivity index (χ2v) is 5.12. The van der Waals surface area contributed by atoms with E-state index in [9.17, 15) is 9.59 Å². The first kappa shape index (κ1) is 17.2. The average molecular weight is 292 g/mol. The van der Waals surface area contributed by atoms with Gasteiger partial charge in [-0.25, -0.2) is 0 Å². The van der Waals surface area contributed by atoms with Crippen LogP contribution in [0.25, 0.3) is 0 Å². The van der Waals surface area contributed by atoms with Crippen molar-refractivity contribution in [3.63, 3.8) is 0 Å². The number of amides is 2. The molecule has 0 heterocycles. The van der Waals surface area contributed by atoms with Crippen molar-refractivity contribution in [1.29, 1.82) is 0 Å². The van der Waals surface area contributed by atoms with Gasteiger partial charge in [0.2, 0.25) is 11.8 Å². The van der Waals surface area contributed by atoms with Gasteiger partial charge in [0.15, 0.2) is 0 Å². The number of ether oxygens (including phenoxy) is 1. The predicted molar refractivity (Wildman–Crippen MR) is 81.6 cm³/mol. The zero-order valence-corrected chi connectivity index (χ0v) is 13.0. The van der Waals surface area contributed by atoms with Crippen molar-refractivity contribution in [1.82, 2.24) is 10.2 Å². The van der Waals surface area contributed by atoms with E-state index < -0.39 is 0 Å². The summed E-state index contributed by atoms with van der Waals surface area (Å²) in [5.41, 5.74) is 1.05. The Morgan fingerprint density at radius 1 is 1.24 bits per heavy atom. The lowest BCUT2D eigenvalue weighted by Crippen LogP contribution is -2.39. The molecule has 0 saturated carbocycles. The van der Waals surface area contributed by atoms with Gasteiger partial charge in [-0.3, -0.25) is 9.59 Å². The fraction of sp³-hybridized carbons (Fsp3) is 0.500. The molecule has 0 aliphatic heterocycles. The van der Waals surface area contributed by atoms with Crippen molar-refractivity contribution in [3.05, 3.63) is 35.9 Å². The van der Waals surface area contributed by atoms with Gasteiger partial charge < -0.3 is 15.0 Å². The van der Waals surface area contributed by atoms with Crippen molar-refractivity contribution in [2.24, 2.45) is 0 Å². The molecule has 0 saturated heterocycles. The zero-order valence-electron chi connectivity index (χ0n) is 13.0. The molecule has 1 aromatic rings. The van der Waals surface area contributed by atoms with Crippen LogP contribution in [0.5, 0.6) is 0 Å². The molecule has 116 valence electrons. The van der Waals surface area contributed by atoms with Gasteiger partial charge in [0.1, 0.15) is 6.42 Å². The number of methoxy groups -OCH3 is 1. The molecule has 21 heavy (non-hydrogen) atoms. The molecular formula is C16H24N2O3. The molecule has 2 amide bonds. The molecule has 0 aromatic heterocycles. The van der Waals surface area contributed by atoms with Crippen LogP contribution in [0.15, 0.2) is 30.3 Å². The second-order valence-electron chi connectivity index (χ2n) is 5.12. The first-order chi connectivity index (χ1) is 10.0. The van der Waals surface area contributed by atoms with Crippen LogP contribution in [-0.4, -0.2) is 43.0 Å². The summed E-state index contributed by atoms with van der Waals surface area (Å²) in [5, 5.41) is 2.66. The number of carbonyl (C=O) groups excluding carboxylic acids is 2. The lowest BCUT2D eigenvalue weighted by Gasteiger charge is -2.26. The lowest BCUT2D eigenvalue weighted by atomic mass is 10.1. The Bertz CT molecular complexity index is 446. The van der Waals surface area contributed by atoms with E-state index in [1.165, 1.54) is 0 Å². The maximum atomic E-state index is 12.3. The summed E-state index contributed by atoms with van der Waals surface area (Å²) >= 11 is 0. The highest BCUT2D eigenvalue weighted by Crippen LogP contribution is 2.09. The largest absolute Gasteiger partial charge is 0.383 e. The molecule has 0 spiro atoms. The Morgan fingerprint density at radius 3 is 2.48 bits per heavy atom. The van der Waals surface area contributed by atoms with E-state index in [1.807, 2.05) is 44.2 Å². The van der Waals surface area contributed by atoms with Crippen LogP contribution in [0, 0.1) is 0 Å². The normalized spacial score (nSPS) is 10.5. The Labute approximate surface area is 126 Å². The summed E-state index contributed by atoms with van der Waals surface area (Å²) < 4.78 is 4.85. The van der Waals surface area contributed by atoms with Crippen LogP contribution >= 0.6 is 0 Å². The minimum Gasteiger partial charge on any atom is -0.383 e. The Morgan fingerprint density at radius 2 is 1.90 bits per heavy atom. The summed E-state index contributed by atoms with van der Waals surface area (Å²) in [7, 11) is 1.57. The molecular weight excluding hydrogens is 268 g/mol. The van der Waals surface area contributed by atoms with E-state index in [4.69, 9.17) is 4.74 Å². The monoisotopic (exact) mass is 292 g/mol. The minimum atomic E-state index is -0.268. The number of nitrogens with one attached hydrogen (secondary N) is 1. The molecule has 0 unspecified atom stereocenters. The average Bonchev–Trinajstić information content (AvgIpc) is 2.45. The molecule has 0 aliphatic carbocycles. The highest BCUT2D eigenvalue weighted by Gasteiger charge is 2.19. The fourth-order valence-corrected chi connectivity index (χ4v) is 1.93. The summed E-state index contributed by atoms with van der Waals surface area (Å²) in [5.74, 6) is -0.431. The molecule has 5 heteroatoms. The number of carbonyl (C=O) groups is 2. The van der Waals surface area contributed by atoms with Crippen molar-refractivity contribution < 1.29 is 14.3 Å². The summed E-state index contributed by atoms with van der Waals surface area (Å²) in [6, 6.07) is 9.81. The van der Waals surface area contributed by atoms with Crippen LogP contribution in [0.2, 0.25) is 0 Å². The van der Waals surface area contributed by atoms with Gasteiger partial charge in [-0.2, -0.15) is 0 Å². The van der Waals surface area contributed by atoms with E-state index in [-0.39, 0.29) is 24.3 Å². The van der Waals surface area contributed by atoms with E-state index in [0.717, 1.165) is 5.56 Å². The predicted octanol–water partition coefficient (Wildman–Crippen LogP) is 1.58. The molecule has 1 rings (SSSR count). The fourth-order valence-electron chi connectivity index (χ4n) is 1.93. The van der Waals surface area contributed by atoms with Crippen molar-refractivity contribution in [2.75, 3.05) is 20.3 Å². The van der Waals surface area contributed by atoms with Gasteiger partial charge in [0.05, 0.1) is 6.61 Å². The van der Waals surface area contributed by atoms with Crippen LogP contribution in [0.1, 0.15) is 25.8 Å². The third-order valence-electron chi connectivity index (χ3n) is 3.08. The maximum Gasteiger partial charge on any atom is 0.232 e. The molecule has 0 radical (unpaired) electrons. The van der Waals surface area contributed by atoms with E-state index in [2.05, 4.69) is 5.32 Å². The van der Waals surface area contributed by atoms with Gasteiger partial charge in [-0.15, -0.1) is 0 Å². The summed E-state index contributed by atoms with van der Waals surface area (Å²) in [6.45, 7) is 5.27. The molecule has 1 N–H and O–H groups in total. The second kappa shape index (κ2) is 9.13. The van der Waals surface area contributed by atoms with Crippen LogP contribution in [0.4, 0.5) is 0 Å². The molecule has 0 aliphatic rings. The molecule has 1 aromatic carbocycles. The van der Waals surface area contributed by atoms with Gasteiger partial charge in [0, 0.05) is 26.2 Å². The number of benzene rings is 1. The summed E-state index contributed by atoms with van der Waals surface area (Å²) in [6.07, 6.45) is -0.130. The minimum absolute atomic E-state index is 0.0458. The third kappa shape index (κ3) is 6.40. The van der Waals surface area contributed by atoms with E-state index in [1.54, 1.807) is 12.0 Å². The van der Waals surface area contributed by atoms with Crippen LogP contribution < -0.4 is 5.32 Å². The molecule has 5 nitrogen and oxygen atoms in total. The highest BCUT2D eigenvalue weighted by molar-refractivity contribution is 5.96. The molecule has 0 bridgehead atoms. The Balaban J connectivity index is 2.55. The topological polar surface area (TPSA) is 58.6 Å². The quantitative estimate of drug-likeness (QED) is 0.584. The van der Waals surface area contributed by atoms with Crippen molar-refractivity contribution >= 4 is 11.8 Å².